The van der Waals surface area contributed by atoms with Gasteiger partial charge in [-0.3, -0.25) is 0 Å². The summed E-state index contributed by atoms with van der Waals surface area (Å²) in [6, 6.07) is 11.2. The molecule has 0 radical (unpaired) electrons. The second kappa shape index (κ2) is 5.23. The lowest BCUT2D eigenvalue weighted by molar-refractivity contribution is -0.107. The third kappa shape index (κ3) is 2.12. The summed E-state index contributed by atoms with van der Waals surface area (Å²) < 4.78 is 9.16. The standard InChI is InChI=1S/C22H27NO/c1-22(2)18-14-23-19-11-7-6-10-16(19)12-20(23)17(18)13-21(24-22)15-8-4-3-5-9-15/h6-7,10-13,15,18,21H,3-5,8-9,14H2,1-2H3/t18-,21+/m1/s1. The van der Waals surface area contributed by atoms with E-state index in [1.165, 1.54) is 54.3 Å². The SMILES string of the molecule is CC1(C)O[C@H](C2CCCCC2)C=C2c3cc4ccccc4n3C[C@H]21. The van der Waals surface area contributed by atoms with E-state index in [1.807, 2.05) is 0 Å². The van der Waals surface area contributed by atoms with E-state index in [2.05, 4.69) is 54.8 Å². The number of fused-ring (bicyclic) bond motifs is 5. The molecule has 126 valence electrons. The summed E-state index contributed by atoms with van der Waals surface area (Å²) >= 11 is 0. The fourth-order valence-corrected chi connectivity index (χ4v) is 5.24. The average molecular weight is 321 g/mol. The molecule has 0 spiro atoms. The first-order chi connectivity index (χ1) is 11.6. The maximum atomic E-state index is 6.65. The Balaban J connectivity index is 1.60. The molecule has 2 aromatic rings. The van der Waals surface area contributed by atoms with Crippen LogP contribution >= 0.6 is 0 Å². The van der Waals surface area contributed by atoms with Crippen molar-refractivity contribution in [2.24, 2.45) is 11.8 Å². The van der Waals surface area contributed by atoms with Crippen LogP contribution in [-0.4, -0.2) is 16.3 Å². The van der Waals surface area contributed by atoms with Crippen molar-refractivity contribution in [2.45, 2.75) is 64.2 Å². The van der Waals surface area contributed by atoms with Gasteiger partial charge in [-0.05, 0) is 56.4 Å². The van der Waals surface area contributed by atoms with Gasteiger partial charge in [-0.1, -0.05) is 37.5 Å². The van der Waals surface area contributed by atoms with Crippen LogP contribution < -0.4 is 0 Å². The first-order valence-corrected chi connectivity index (χ1v) is 9.62. The van der Waals surface area contributed by atoms with E-state index in [1.54, 1.807) is 0 Å². The maximum Gasteiger partial charge on any atom is 0.0798 e. The first kappa shape index (κ1) is 14.8. The van der Waals surface area contributed by atoms with Crippen LogP contribution in [0.4, 0.5) is 0 Å². The van der Waals surface area contributed by atoms with Crippen molar-refractivity contribution in [3.63, 3.8) is 0 Å². The third-order valence-corrected chi connectivity index (χ3v) is 6.58. The van der Waals surface area contributed by atoms with Gasteiger partial charge in [0.25, 0.3) is 0 Å². The minimum Gasteiger partial charge on any atom is -0.367 e. The second-order valence-corrected chi connectivity index (χ2v) is 8.46. The Morgan fingerprint density at radius 1 is 1.08 bits per heavy atom. The van der Waals surface area contributed by atoms with Crippen LogP contribution in [-0.2, 0) is 11.3 Å². The normalized spacial score (nSPS) is 29.3. The molecule has 2 nitrogen and oxygen atoms in total. The molecule has 0 N–H and O–H groups in total. The van der Waals surface area contributed by atoms with Crippen LogP contribution in [0.15, 0.2) is 36.4 Å². The number of nitrogens with zero attached hydrogens (tertiary/aromatic N) is 1. The zero-order valence-electron chi connectivity index (χ0n) is 14.8. The molecular formula is C22H27NO. The molecule has 1 aromatic heterocycles. The molecule has 1 aromatic carbocycles. The van der Waals surface area contributed by atoms with Gasteiger partial charge < -0.3 is 9.30 Å². The van der Waals surface area contributed by atoms with Crippen LogP contribution in [0, 0.1) is 11.8 Å². The number of aromatic nitrogens is 1. The molecule has 2 aliphatic heterocycles. The highest BCUT2D eigenvalue weighted by molar-refractivity contribution is 5.88. The van der Waals surface area contributed by atoms with Gasteiger partial charge in [0, 0.05) is 29.1 Å². The molecule has 5 rings (SSSR count). The van der Waals surface area contributed by atoms with Gasteiger partial charge in [0.2, 0.25) is 0 Å². The highest BCUT2D eigenvalue weighted by Gasteiger charge is 2.45. The monoisotopic (exact) mass is 321 g/mol. The Hall–Kier alpha value is -1.54. The van der Waals surface area contributed by atoms with Crippen molar-refractivity contribution < 1.29 is 4.74 Å². The zero-order chi connectivity index (χ0) is 16.3. The van der Waals surface area contributed by atoms with Crippen LogP contribution in [0.5, 0.6) is 0 Å². The summed E-state index contributed by atoms with van der Waals surface area (Å²) in [5, 5.41) is 1.37. The fourth-order valence-electron chi connectivity index (χ4n) is 5.24. The van der Waals surface area contributed by atoms with Gasteiger partial charge in [-0.2, -0.15) is 0 Å². The molecule has 0 bridgehead atoms. The van der Waals surface area contributed by atoms with E-state index in [9.17, 15) is 0 Å². The molecule has 0 unspecified atom stereocenters. The summed E-state index contributed by atoms with van der Waals surface area (Å²) in [6.07, 6.45) is 9.60. The van der Waals surface area contributed by atoms with Crippen molar-refractivity contribution in [3.8, 4) is 0 Å². The average Bonchev–Trinajstić information content (AvgIpc) is 3.12. The van der Waals surface area contributed by atoms with Crippen molar-refractivity contribution in [1.82, 2.24) is 4.57 Å². The van der Waals surface area contributed by atoms with Gasteiger partial charge in [0.1, 0.15) is 0 Å². The van der Waals surface area contributed by atoms with E-state index in [0.29, 0.717) is 17.9 Å². The van der Waals surface area contributed by atoms with Crippen molar-refractivity contribution >= 4 is 16.5 Å². The largest absolute Gasteiger partial charge is 0.367 e. The fraction of sp³-hybridized carbons (Fsp3) is 0.545. The van der Waals surface area contributed by atoms with E-state index in [-0.39, 0.29) is 5.60 Å². The van der Waals surface area contributed by atoms with E-state index >= 15 is 0 Å². The smallest absolute Gasteiger partial charge is 0.0798 e. The minimum atomic E-state index is -0.0771. The van der Waals surface area contributed by atoms with E-state index in [0.717, 1.165) is 6.54 Å². The molecule has 0 amide bonds. The number of rotatable bonds is 1. The molecular weight excluding hydrogens is 294 g/mol. The lowest BCUT2D eigenvalue weighted by atomic mass is 9.77. The van der Waals surface area contributed by atoms with E-state index < -0.39 is 0 Å². The van der Waals surface area contributed by atoms with Crippen LogP contribution in [0.3, 0.4) is 0 Å². The molecule has 1 aliphatic carbocycles. The van der Waals surface area contributed by atoms with Crippen molar-refractivity contribution in [3.05, 3.63) is 42.1 Å². The summed E-state index contributed by atoms with van der Waals surface area (Å²) in [6.45, 7) is 5.66. The van der Waals surface area contributed by atoms with Crippen LogP contribution in [0.25, 0.3) is 16.5 Å². The van der Waals surface area contributed by atoms with Gasteiger partial charge in [-0.15, -0.1) is 0 Å². The Kier molecular flexibility index (Phi) is 3.22. The predicted octanol–water partition coefficient (Wildman–Crippen LogP) is 5.41. The van der Waals surface area contributed by atoms with Crippen LogP contribution in [0.2, 0.25) is 0 Å². The lowest BCUT2D eigenvalue weighted by Crippen LogP contribution is -2.44. The maximum absolute atomic E-state index is 6.65. The van der Waals surface area contributed by atoms with Gasteiger partial charge in [0.15, 0.2) is 0 Å². The molecule has 1 fully saturated rings. The van der Waals surface area contributed by atoms with Gasteiger partial charge in [0.05, 0.1) is 11.7 Å². The Bertz CT molecular complexity index is 806. The first-order valence-electron chi connectivity index (χ1n) is 9.62. The molecule has 3 heterocycles. The lowest BCUT2D eigenvalue weighted by Gasteiger charge is -2.43. The molecule has 24 heavy (non-hydrogen) atoms. The highest BCUT2D eigenvalue weighted by atomic mass is 16.5. The molecule has 0 saturated heterocycles. The number of hydrogen-bond acceptors (Lipinski definition) is 1. The molecule has 2 heteroatoms. The second-order valence-electron chi connectivity index (χ2n) is 8.46. The predicted molar refractivity (Wildman–Crippen MR) is 98.9 cm³/mol. The van der Waals surface area contributed by atoms with Crippen molar-refractivity contribution in [2.75, 3.05) is 0 Å². The Morgan fingerprint density at radius 2 is 1.88 bits per heavy atom. The topological polar surface area (TPSA) is 14.2 Å². The number of para-hydroxylation sites is 1. The molecule has 1 saturated carbocycles. The Morgan fingerprint density at radius 3 is 2.71 bits per heavy atom. The summed E-state index contributed by atoms with van der Waals surface area (Å²) in [7, 11) is 0. The minimum absolute atomic E-state index is 0.0771. The number of ether oxygens (including phenoxy) is 1. The number of benzene rings is 1. The van der Waals surface area contributed by atoms with E-state index in [4.69, 9.17) is 4.74 Å². The van der Waals surface area contributed by atoms with Crippen molar-refractivity contribution in [1.29, 1.82) is 0 Å². The quantitative estimate of drug-likeness (QED) is 0.685. The zero-order valence-corrected chi connectivity index (χ0v) is 14.8. The molecule has 3 aliphatic rings. The van der Waals surface area contributed by atoms with Gasteiger partial charge >= 0.3 is 0 Å². The summed E-state index contributed by atoms with van der Waals surface area (Å²) in [5.74, 6) is 1.20. The summed E-state index contributed by atoms with van der Waals surface area (Å²) in [5.41, 5.74) is 4.26. The van der Waals surface area contributed by atoms with Crippen LogP contribution in [0.1, 0.15) is 51.6 Å². The Labute approximate surface area is 144 Å². The number of hydrogen-bond donors (Lipinski definition) is 0. The highest BCUT2D eigenvalue weighted by Crippen LogP contribution is 2.48. The van der Waals surface area contributed by atoms with Gasteiger partial charge in [-0.25, -0.2) is 0 Å². The summed E-state index contributed by atoms with van der Waals surface area (Å²) in [4.78, 5) is 0. The molecule has 2 atom stereocenters. The third-order valence-electron chi connectivity index (χ3n) is 6.58.